The molecule has 0 heterocycles. The van der Waals surface area contributed by atoms with Gasteiger partial charge in [0.15, 0.2) is 5.43 Å². The minimum Gasteiger partial charge on any atom is -0.289 e. The molecule has 0 spiro atoms. The van der Waals surface area contributed by atoms with Crippen molar-refractivity contribution in [3.05, 3.63) is 33.5 Å². The molecule has 0 unspecified atom stereocenters. The third kappa shape index (κ3) is 2.49. The molecule has 0 saturated carbocycles. The van der Waals surface area contributed by atoms with Crippen LogP contribution in [0.3, 0.4) is 0 Å². The third-order valence-electron chi connectivity index (χ3n) is 1.89. The summed E-state index contributed by atoms with van der Waals surface area (Å²) in [6.45, 7) is 7.35. The first kappa shape index (κ1) is 11.1. The van der Waals surface area contributed by atoms with Gasteiger partial charge in [-0.1, -0.05) is 16.2 Å². The Bertz CT molecular complexity index is 486. The van der Waals surface area contributed by atoms with Crippen molar-refractivity contribution in [3.8, 4) is 0 Å². The fourth-order valence-corrected chi connectivity index (χ4v) is 1.40. The van der Waals surface area contributed by atoms with Crippen LogP contribution in [-0.4, -0.2) is 13.3 Å². The quantitative estimate of drug-likeness (QED) is 0.625. The van der Waals surface area contributed by atoms with Crippen molar-refractivity contribution in [2.45, 2.75) is 13.8 Å². The van der Waals surface area contributed by atoms with Gasteiger partial charge < -0.3 is 0 Å². The van der Waals surface area contributed by atoms with E-state index in [4.69, 9.17) is 0 Å². The highest BCUT2D eigenvalue weighted by Crippen LogP contribution is 2.20. The lowest BCUT2D eigenvalue weighted by molar-refractivity contribution is 0.594. The van der Waals surface area contributed by atoms with Gasteiger partial charge in [-0.05, 0) is 25.5 Å². The highest BCUT2D eigenvalue weighted by molar-refractivity contribution is 7.42. The van der Waals surface area contributed by atoms with Gasteiger partial charge in [-0.15, -0.1) is 0 Å². The van der Waals surface area contributed by atoms with Crippen LogP contribution in [0.5, 0.6) is 0 Å². The largest absolute Gasteiger partial charge is 0.332 e. The zero-order valence-electron chi connectivity index (χ0n) is 8.92. The van der Waals surface area contributed by atoms with Crippen molar-refractivity contribution in [2.75, 3.05) is 13.3 Å². The Morgan fingerprint density at radius 1 is 1.14 bits per heavy atom. The monoisotopic (exact) mass is 209 g/mol. The smallest absolute Gasteiger partial charge is 0.289 e. The molecule has 2 aromatic rings. The highest BCUT2D eigenvalue weighted by Gasteiger charge is 2.13. The van der Waals surface area contributed by atoms with Gasteiger partial charge in [0.25, 0.3) is 0 Å². The molecular formula is C11H14O2P+. The van der Waals surface area contributed by atoms with Crippen LogP contribution in [0.25, 0.3) is 10.8 Å². The lowest BCUT2D eigenvalue weighted by atomic mass is 10.2. The third-order valence-corrected chi connectivity index (χ3v) is 1.89. The summed E-state index contributed by atoms with van der Waals surface area (Å²) in [5.74, 6) is 0. The zero-order valence-corrected chi connectivity index (χ0v) is 9.81. The summed E-state index contributed by atoms with van der Waals surface area (Å²) in [5.41, 5.74) is 2.55. The van der Waals surface area contributed by atoms with Crippen LogP contribution in [0.1, 0.15) is 11.1 Å². The second-order valence-corrected chi connectivity index (χ2v) is 5.27. The van der Waals surface area contributed by atoms with Crippen molar-refractivity contribution in [3.63, 3.8) is 0 Å². The number of rotatable bonds is 0. The molecule has 0 aliphatic heterocycles. The number of fused-ring (bicyclic) bond motifs is 1. The summed E-state index contributed by atoms with van der Waals surface area (Å²) in [7, 11) is -0.870. The van der Waals surface area contributed by atoms with Gasteiger partial charge in [0.05, 0.1) is 0 Å². The molecule has 0 N–H and O–H groups in total. The molecule has 74 valence electrons. The Morgan fingerprint density at radius 3 is 2.07 bits per heavy atom. The Hall–Kier alpha value is -1.01. The van der Waals surface area contributed by atoms with Gasteiger partial charge in [-0.25, -0.2) is 0 Å². The molecule has 0 atom stereocenters. The molecule has 0 bridgehead atoms. The van der Waals surface area contributed by atoms with Crippen LogP contribution >= 0.6 is 7.80 Å². The molecule has 3 heteroatoms. The van der Waals surface area contributed by atoms with E-state index in [2.05, 4.69) is 0 Å². The lowest BCUT2D eigenvalue weighted by Crippen LogP contribution is -1.71. The molecule has 0 radical (unpaired) electrons. The van der Waals surface area contributed by atoms with Crippen molar-refractivity contribution in [1.82, 2.24) is 0 Å². The van der Waals surface area contributed by atoms with E-state index >= 15 is 0 Å². The summed E-state index contributed by atoms with van der Waals surface area (Å²) >= 11 is 0. The van der Waals surface area contributed by atoms with Gasteiger partial charge in [-0.2, -0.15) is 0 Å². The molecule has 2 nitrogen and oxygen atoms in total. The van der Waals surface area contributed by atoms with Crippen LogP contribution in [-0.2, 0) is 4.57 Å². The van der Waals surface area contributed by atoms with Crippen LogP contribution in [0, 0.1) is 13.8 Å². The molecular weight excluding hydrogens is 195 g/mol. The van der Waals surface area contributed by atoms with E-state index in [1.54, 1.807) is 13.3 Å². The Labute approximate surface area is 84.4 Å². The van der Waals surface area contributed by atoms with Crippen LogP contribution in [0.15, 0.2) is 16.9 Å². The van der Waals surface area contributed by atoms with Gasteiger partial charge in [0.1, 0.15) is 13.3 Å². The molecule has 2 aromatic carbocycles. The Balaban J connectivity index is 0.000000213. The predicted molar refractivity (Wildman–Crippen MR) is 61.5 cm³/mol. The van der Waals surface area contributed by atoms with Crippen molar-refractivity contribution in [2.24, 2.45) is 0 Å². The lowest BCUT2D eigenvalue weighted by Gasteiger charge is -1.88. The van der Waals surface area contributed by atoms with Gasteiger partial charge in [0.2, 0.25) is 0 Å². The topological polar surface area (TPSA) is 34.1 Å². The minimum atomic E-state index is -0.870. The van der Waals surface area contributed by atoms with Crippen LogP contribution in [0.2, 0.25) is 0 Å². The van der Waals surface area contributed by atoms with E-state index in [-0.39, 0.29) is 5.43 Å². The van der Waals surface area contributed by atoms with E-state index in [0.29, 0.717) is 0 Å². The second kappa shape index (κ2) is 4.02. The minimum absolute atomic E-state index is 0.241. The fraction of sp³-hybridized carbons (Fsp3) is 0.364. The number of benzene rings is 1. The molecule has 0 fully saturated rings. The predicted octanol–water partition coefficient (Wildman–Crippen LogP) is 2.77. The summed E-state index contributed by atoms with van der Waals surface area (Å²) in [4.78, 5) is 10.9. The maximum Gasteiger partial charge on any atom is 0.332 e. The number of aryl methyl sites for hydroxylation is 2. The maximum absolute atomic E-state index is 10.9. The van der Waals surface area contributed by atoms with Crippen molar-refractivity contribution in [1.29, 1.82) is 0 Å². The zero-order chi connectivity index (χ0) is 10.9. The van der Waals surface area contributed by atoms with E-state index in [9.17, 15) is 9.36 Å². The van der Waals surface area contributed by atoms with E-state index in [0.717, 1.165) is 16.3 Å². The van der Waals surface area contributed by atoms with E-state index in [1.807, 2.05) is 26.0 Å². The Morgan fingerprint density at radius 2 is 1.64 bits per heavy atom. The van der Waals surface area contributed by atoms with Crippen molar-refractivity contribution >= 4 is 18.6 Å². The van der Waals surface area contributed by atoms with Gasteiger partial charge >= 0.3 is 7.80 Å². The van der Waals surface area contributed by atoms with Gasteiger partial charge in [-0.3, -0.25) is 4.79 Å². The van der Waals surface area contributed by atoms with Crippen LogP contribution < -0.4 is 5.43 Å². The van der Waals surface area contributed by atoms with Gasteiger partial charge in [0, 0.05) is 10.8 Å². The van der Waals surface area contributed by atoms with E-state index < -0.39 is 7.80 Å². The first-order valence-corrected chi connectivity index (χ1v) is 6.59. The highest BCUT2D eigenvalue weighted by atomic mass is 31.1. The molecule has 0 aliphatic carbocycles. The average Bonchev–Trinajstić information content (AvgIpc) is 2.59. The Kier molecular flexibility index (Phi) is 3.17. The number of hydrogen-bond donors (Lipinski definition) is 0. The molecule has 0 aliphatic rings. The summed E-state index contributed by atoms with van der Waals surface area (Å²) in [6.07, 6.45) is 0. The summed E-state index contributed by atoms with van der Waals surface area (Å²) in [6, 6.07) is 3.99. The number of hydrogen-bond acceptors (Lipinski definition) is 2. The van der Waals surface area contributed by atoms with Crippen molar-refractivity contribution < 1.29 is 4.57 Å². The molecule has 14 heavy (non-hydrogen) atoms. The average molecular weight is 209 g/mol. The normalized spacial score (nSPS) is 10.0. The summed E-state index contributed by atoms with van der Waals surface area (Å²) < 4.78 is 9.59. The molecule has 2 rings (SSSR count). The first-order chi connectivity index (χ1) is 6.43. The standard InChI is InChI=1S/C9H8O.C2H6OP/c1-5-3-6(2)8-7(4-5)9(8)10;1-4(2)3/h3-4H,1-2H3;1-2H3/q;+1. The SMILES string of the molecule is C[P+](C)=O.Cc1cc(C)c2c(=O)c2c1. The first-order valence-electron chi connectivity index (χ1n) is 4.44. The van der Waals surface area contributed by atoms with E-state index in [1.165, 1.54) is 5.56 Å². The molecule has 0 aromatic heterocycles. The maximum atomic E-state index is 10.9. The second-order valence-electron chi connectivity index (χ2n) is 3.65. The van der Waals surface area contributed by atoms with Crippen LogP contribution in [0.4, 0.5) is 0 Å². The molecule has 0 saturated heterocycles. The fourth-order valence-electron chi connectivity index (χ4n) is 1.40. The molecule has 0 amide bonds. The summed E-state index contributed by atoms with van der Waals surface area (Å²) in [5, 5.41) is 1.88.